The lowest BCUT2D eigenvalue weighted by Gasteiger charge is -1.97. The maximum Gasteiger partial charge on any atom is 0.206 e. The number of rotatable bonds is 9. The minimum absolute atomic E-state index is 0.228. The van der Waals surface area contributed by atoms with Gasteiger partial charge in [-0.2, -0.15) is 0 Å². The van der Waals surface area contributed by atoms with Gasteiger partial charge >= 0.3 is 0 Å². The number of hydrogen-bond donors (Lipinski definition) is 1. The van der Waals surface area contributed by atoms with E-state index < -0.39 is 0 Å². The molecule has 0 spiro atoms. The normalized spacial score (nSPS) is 10.4. The molecule has 0 radical (unpaired) electrons. The number of anilines is 1. The first-order valence-electron chi connectivity index (χ1n) is 6.17. The Bertz CT molecular complexity index is 551. The van der Waals surface area contributed by atoms with Crippen molar-refractivity contribution in [1.29, 1.82) is 0 Å². The number of thiophene rings is 1. The molecule has 0 aliphatic heterocycles. The fourth-order valence-electron chi connectivity index (χ4n) is 1.45. The standard InChI is InChI=1S/C13H15N3OS3/c1-2-7-14-12-15-16-13(20-12)19-9-3-5-10(17)11-6-4-8-18-11/h2,4,6,8H,1,3,5,7,9H2,(H,14,15). The third-order valence-corrected chi connectivity index (χ3v) is 5.39. The molecular formula is C13H15N3OS3. The Kier molecular flexibility index (Phi) is 6.23. The molecule has 2 rings (SSSR count). The molecule has 0 saturated heterocycles. The van der Waals surface area contributed by atoms with Crippen molar-refractivity contribution in [2.24, 2.45) is 0 Å². The summed E-state index contributed by atoms with van der Waals surface area (Å²) in [6.07, 6.45) is 3.23. The number of carbonyl (C=O) groups is 1. The first-order valence-corrected chi connectivity index (χ1v) is 8.85. The minimum atomic E-state index is 0.228. The lowest BCUT2D eigenvalue weighted by atomic mass is 10.2. The van der Waals surface area contributed by atoms with Crippen LogP contribution in [0.4, 0.5) is 5.13 Å². The predicted octanol–water partition coefficient (Wildman–Crippen LogP) is 3.95. The van der Waals surface area contributed by atoms with Gasteiger partial charge in [-0.25, -0.2) is 0 Å². The fraction of sp³-hybridized carbons (Fsp3) is 0.308. The number of thioether (sulfide) groups is 1. The summed E-state index contributed by atoms with van der Waals surface area (Å²) in [7, 11) is 0. The van der Waals surface area contributed by atoms with E-state index in [4.69, 9.17) is 0 Å². The van der Waals surface area contributed by atoms with Gasteiger partial charge < -0.3 is 5.32 Å². The van der Waals surface area contributed by atoms with E-state index in [1.165, 1.54) is 22.7 Å². The lowest BCUT2D eigenvalue weighted by Crippen LogP contribution is -1.96. The molecule has 0 unspecified atom stereocenters. The van der Waals surface area contributed by atoms with E-state index in [1.54, 1.807) is 17.8 Å². The second-order valence-corrected chi connectivity index (χ2v) is 7.16. The van der Waals surface area contributed by atoms with E-state index in [9.17, 15) is 4.79 Å². The van der Waals surface area contributed by atoms with Crippen molar-refractivity contribution in [2.45, 2.75) is 17.2 Å². The van der Waals surface area contributed by atoms with E-state index in [0.717, 1.165) is 26.5 Å². The average molecular weight is 325 g/mol. The summed E-state index contributed by atoms with van der Waals surface area (Å²) in [4.78, 5) is 12.6. The maximum absolute atomic E-state index is 11.8. The van der Waals surface area contributed by atoms with Crippen molar-refractivity contribution in [1.82, 2.24) is 10.2 Å². The van der Waals surface area contributed by atoms with Crippen LogP contribution >= 0.6 is 34.4 Å². The molecular weight excluding hydrogens is 310 g/mol. The van der Waals surface area contributed by atoms with Crippen LogP contribution in [-0.4, -0.2) is 28.3 Å². The van der Waals surface area contributed by atoms with Crippen LogP contribution in [0.15, 0.2) is 34.5 Å². The summed E-state index contributed by atoms with van der Waals surface area (Å²) < 4.78 is 0.931. The molecule has 0 aliphatic rings. The van der Waals surface area contributed by atoms with Crippen LogP contribution in [-0.2, 0) is 0 Å². The van der Waals surface area contributed by atoms with Crippen LogP contribution in [0.25, 0.3) is 0 Å². The molecule has 0 aromatic carbocycles. The van der Waals surface area contributed by atoms with Gasteiger partial charge in [-0.05, 0) is 17.9 Å². The van der Waals surface area contributed by atoms with Crippen molar-refractivity contribution in [2.75, 3.05) is 17.6 Å². The van der Waals surface area contributed by atoms with Gasteiger partial charge in [0.1, 0.15) is 0 Å². The van der Waals surface area contributed by atoms with Gasteiger partial charge in [0.25, 0.3) is 0 Å². The molecule has 2 heterocycles. The molecule has 0 bridgehead atoms. The van der Waals surface area contributed by atoms with Crippen molar-refractivity contribution in [3.8, 4) is 0 Å². The van der Waals surface area contributed by atoms with Crippen LogP contribution in [0.1, 0.15) is 22.5 Å². The molecule has 2 aromatic rings. The van der Waals surface area contributed by atoms with E-state index in [1.807, 2.05) is 17.5 Å². The van der Waals surface area contributed by atoms with Crippen molar-refractivity contribution in [3.05, 3.63) is 35.0 Å². The van der Waals surface area contributed by atoms with E-state index in [2.05, 4.69) is 22.1 Å². The smallest absolute Gasteiger partial charge is 0.206 e. The van der Waals surface area contributed by atoms with Gasteiger partial charge in [-0.15, -0.1) is 28.1 Å². The zero-order valence-electron chi connectivity index (χ0n) is 10.9. The first-order chi connectivity index (χ1) is 9.79. The Morgan fingerprint density at radius 2 is 2.40 bits per heavy atom. The lowest BCUT2D eigenvalue weighted by molar-refractivity contribution is 0.0986. The number of aromatic nitrogens is 2. The second kappa shape index (κ2) is 8.18. The van der Waals surface area contributed by atoms with Gasteiger partial charge in [0.15, 0.2) is 10.1 Å². The zero-order valence-corrected chi connectivity index (χ0v) is 13.3. The highest BCUT2D eigenvalue weighted by molar-refractivity contribution is 8.01. The SMILES string of the molecule is C=CCNc1nnc(SCCCC(=O)c2cccs2)s1. The summed E-state index contributed by atoms with van der Waals surface area (Å²) in [6.45, 7) is 4.33. The monoisotopic (exact) mass is 325 g/mol. The predicted molar refractivity (Wildman–Crippen MR) is 87.2 cm³/mol. The van der Waals surface area contributed by atoms with Crippen LogP contribution in [0.3, 0.4) is 0 Å². The Labute approximate surface area is 130 Å². The highest BCUT2D eigenvalue weighted by Gasteiger charge is 2.07. The van der Waals surface area contributed by atoms with Crippen molar-refractivity contribution >= 4 is 45.4 Å². The Morgan fingerprint density at radius 1 is 1.50 bits per heavy atom. The van der Waals surface area contributed by atoms with Gasteiger partial charge in [0.05, 0.1) is 4.88 Å². The number of nitrogens with one attached hydrogen (secondary N) is 1. The zero-order chi connectivity index (χ0) is 14.2. The molecule has 7 heteroatoms. The van der Waals surface area contributed by atoms with Gasteiger partial charge in [-0.3, -0.25) is 4.79 Å². The van der Waals surface area contributed by atoms with E-state index >= 15 is 0 Å². The van der Waals surface area contributed by atoms with E-state index in [-0.39, 0.29) is 5.78 Å². The molecule has 0 fully saturated rings. The molecule has 0 aliphatic carbocycles. The van der Waals surface area contributed by atoms with E-state index in [0.29, 0.717) is 13.0 Å². The van der Waals surface area contributed by atoms with Crippen LogP contribution < -0.4 is 5.32 Å². The van der Waals surface area contributed by atoms with Crippen molar-refractivity contribution < 1.29 is 4.79 Å². The molecule has 0 atom stereocenters. The van der Waals surface area contributed by atoms with Gasteiger partial charge in [-0.1, -0.05) is 35.2 Å². The number of hydrogen-bond acceptors (Lipinski definition) is 7. The Hall–Kier alpha value is -1.18. The second-order valence-electron chi connectivity index (χ2n) is 3.90. The maximum atomic E-state index is 11.8. The summed E-state index contributed by atoms with van der Waals surface area (Å²) in [5.74, 6) is 1.11. The molecule has 0 saturated carbocycles. The number of Topliss-reactive ketones (excluding diaryl/α,β-unsaturated/α-hetero) is 1. The number of ketones is 1. The summed E-state index contributed by atoms with van der Waals surface area (Å²) in [5.41, 5.74) is 0. The topological polar surface area (TPSA) is 54.9 Å². The van der Waals surface area contributed by atoms with Gasteiger partial charge in [0, 0.05) is 18.7 Å². The van der Waals surface area contributed by atoms with Crippen LogP contribution in [0.5, 0.6) is 0 Å². The number of carbonyl (C=O) groups excluding carboxylic acids is 1. The Morgan fingerprint density at radius 3 is 3.15 bits per heavy atom. The van der Waals surface area contributed by atoms with Crippen molar-refractivity contribution in [3.63, 3.8) is 0 Å². The molecule has 20 heavy (non-hydrogen) atoms. The number of nitrogens with zero attached hydrogens (tertiary/aromatic N) is 2. The molecule has 4 nitrogen and oxygen atoms in total. The largest absolute Gasteiger partial charge is 0.357 e. The third kappa shape index (κ3) is 4.73. The van der Waals surface area contributed by atoms with Crippen LogP contribution in [0.2, 0.25) is 0 Å². The summed E-state index contributed by atoms with van der Waals surface area (Å²) >= 11 is 4.68. The summed E-state index contributed by atoms with van der Waals surface area (Å²) in [5, 5.41) is 14.0. The van der Waals surface area contributed by atoms with Crippen LogP contribution in [0, 0.1) is 0 Å². The Balaban J connectivity index is 1.67. The third-order valence-electron chi connectivity index (χ3n) is 2.37. The highest BCUT2D eigenvalue weighted by Crippen LogP contribution is 2.26. The molecule has 1 N–H and O–H groups in total. The average Bonchev–Trinajstić information content (AvgIpc) is 3.12. The molecule has 106 valence electrons. The summed E-state index contributed by atoms with van der Waals surface area (Å²) in [6, 6.07) is 3.79. The molecule has 0 amide bonds. The molecule has 2 aromatic heterocycles. The fourth-order valence-corrected chi connectivity index (χ4v) is 3.91. The quantitative estimate of drug-likeness (QED) is 0.327. The first kappa shape index (κ1) is 15.2. The van der Waals surface area contributed by atoms with Gasteiger partial charge in [0.2, 0.25) is 5.13 Å². The highest BCUT2D eigenvalue weighted by atomic mass is 32.2. The minimum Gasteiger partial charge on any atom is -0.357 e.